The van der Waals surface area contributed by atoms with Crippen LogP contribution >= 0.6 is 0 Å². The molecule has 1 aliphatic heterocycles. The molecule has 2 aromatic carbocycles. The lowest BCUT2D eigenvalue weighted by Gasteiger charge is -2.03. The van der Waals surface area contributed by atoms with Gasteiger partial charge < -0.3 is 4.74 Å². The van der Waals surface area contributed by atoms with Crippen LogP contribution in [0, 0.1) is 0 Å². The summed E-state index contributed by atoms with van der Waals surface area (Å²) in [6.07, 6.45) is 0.952. The number of fused-ring (bicyclic) bond motifs is 3. The quantitative estimate of drug-likeness (QED) is 0.553. The van der Waals surface area contributed by atoms with Gasteiger partial charge in [0.05, 0.1) is 18.5 Å². The number of nitrogens with zero attached hydrogens (tertiary/aromatic N) is 2. The Hall–Kier alpha value is -2.55. The first kappa shape index (κ1) is 11.3. The zero-order chi connectivity index (χ0) is 13.5. The molecule has 0 radical (unpaired) electrons. The molecular weight excluding hydrogens is 248 g/mol. The summed E-state index contributed by atoms with van der Waals surface area (Å²) in [6, 6.07) is 18.6. The van der Waals surface area contributed by atoms with E-state index in [2.05, 4.69) is 36.4 Å². The van der Waals surface area contributed by atoms with Crippen LogP contribution in [0.1, 0.15) is 11.3 Å². The summed E-state index contributed by atoms with van der Waals surface area (Å²) in [5, 5.41) is 4.74. The van der Waals surface area contributed by atoms with Gasteiger partial charge in [-0.1, -0.05) is 30.3 Å². The second kappa shape index (κ2) is 4.23. The van der Waals surface area contributed by atoms with E-state index in [0.717, 1.165) is 23.4 Å². The summed E-state index contributed by atoms with van der Waals surface area (Å²) in [6.45, 7) is 0. The monoisotopic (exact) mass is 262 g/mol. The summed E-state index contributed by atoms with van der Waals surface area (Å²) in [5.41, 5.74) is 5.85. The molecule has 0 atom stereocenters. The largest absolute Gasteiger partial charge is 0.497 e. The van der Waals surface area contributed by atoms with Gasteiger partial charge in [0, 0.05) is 17.7 Å². The molecule has 0 spiro atoms. The number of rotatable bonds is 2. The van der Waals surface area contributed by atoms with Crippen LogP contribution in [0.3, 0.4) is 0 Å². The van der Waals surface area contributed by atoms with Crippen molar-refractivity contribution in [3.05, 3.63) is 65.9 Å². The topological polar surface area (TPSA) is 27.1 Å². The van der Waals surface area contributed by atoms with Crippen LogP contribution in [0.2, 0.25) is 0 Å². The standard InChI is InChI=1S/C17H14N2O/c1-20-15-7-4-6-12(10-15)16-11-14-9-13-5-2-3-8-17(13)19(14)18-16/h2-8,10-11H,9H2,1H3. The summed E-state index contributed by atoms with van der Waals surface area (Å²) in [5.74, 6) is 0.857. The second-order valence-electron chi connectivity index (χ2n) is 4.97. The Morgan fingerprint density at radius 3 is 2.85 bits per heavy atom. The van der Waals surface area contributed by atoms with Crippen molar-refractivity contribution in [2.24, 2.45) is 0 Å². The highest BCUT2D eigenvalue weighted by Gasteiger charge is 2.20. The van der Waals surface area contributed by atoms with E-state index in [1.807, 2.05) is 22.9 Å². The fourth-order valence-electron chi connectivity index (χ4n) is 2.74. The van der Waals surface area contributed by atoms with E-state index in [9.17, 15) is 0 Å². The third kappa shape index (κ3) is 1.63. The van der Waals surface area contributed by atoms with Gasteiger partial charge in [0.2, 0.25) is 0 Å². The van der Waals surface area contributed by atoms with Gasteiger partial charge in [-0.15, -0.1) is 0 Å². The molecule has 3 aromatic rings. The molecule has 1 aromatic heterocycles. The Kier molecular flexibility index (Phi) is 2.39. The molecule has 20 heavy (non-hydrogen) atoms. The molecule has 4 rings (SSSR count). The highest BCUT2D eigenvalue weighted by atomic mass is 16.5. The maximum Gasteiger partial charge on any atom is 0.119 e. The maximum atomic E-state index is 5.28. The molecule has 2 heterocycles. The van der Waals surface area contributed by atoms with E-state index >= 15 is 0 Å². The van der Waals surface area contributed by atoms with Gasteiger partial charge in [-0.3, -0.25) is 0 Å². The van der Waals surface area contributed by atoms with Crippen LogP contribution in [0.5, 0.6) is 5.75 Å². The molecule has 1 aliphatic rings. The number of hydrogen-bond acceptors (Lipinski definition) is 2. The van der Waals surface area contributed by atoms with Crippen LogP contribution in [0.25, 0.3) is 16.9 Å². The van der Waals surface area contributed by atoms with Gasteiger partial charge in [-0.25, -0.2) is 4.68 Å². The summed E-state index contributed by atoms with van der Waals surface area (Å²) < 4.78 is 7.32. The smallest absolute Gasteiger partial charge is 0.119 e. The zero-order valence-electron chi connectivity index (χ0n) is 11.2. The van der Waals surface area contributed by atoms with Gasteiger partial charge in [0.25, 0.3) is 0 Å². The highest BCUT2D eigenvalue weighted by molar-refractivity contribution is 5.64. The van der Waals surface area contributed by atoms with Crippen LogP contribution in [0.15, 0.2) is 54.6 Å². The van der Waals surface area contributed by atoms with E-state index in [-0.39, 0.29) is 0 Å². The van der Waals surface area contributed by atoms with Gasteiger partial charge in [-0.05, 0) is 29.8 Å². The second-order valence-corrected chi connectivity index (χ2v) is 4.97. The minimum absolute atomic E-state index is 0.857. The van der Waals surface area contributed by atoms with Crippen LogP contribution in [0.4, 0.5) is 0 Å². The molecule has 0 amide bonds. The fourth-order valence-corrected chi connectivity index (χ4v) is 2.74. The summed E-state index contributed by atoms with van der Waals surface area (Å²) in [4.78, 5) is 0. The van der Waals surface area contributed by atoms with Gasteiger partial charge in [-0.2, -0.15) is 5.10 Å². The molecule has 3 heteroatoms. The Balaban J connectivity index is 1.81. The molecule has 0 saturated carbocycles. The Morgan fingerprint density at radius 1 is 1.05 bits per heavy atom. The third-order valence-electron chi connectivity index (χ3n) is 3.74. The number of ether oxygens (including phenoxy) is 1. The van der Waals surface area contributed by atoms with E-state index in [1.54, 1.807) is 7.11 Å². The third-order valence-corrected chi connectivity index (χ3v) is 3.74. The van der Waals surface area contributed by atoms with Crippen molar-refractivity contribution in [3.8, 4) is 22.7 Å². The predicted octanol–water partition coefficient (Wildman–Crippen LogP) is 3.45. The highest BCUT2D eigenvalue weighted by Crippen LogP contribution is 2.31. The van der Waals surface area contributed by atoms with Gasteiger partial charge in [0.1, 0.15) is 5.75 Å². The van der Waals surface area contributed by atoms with E-state index in [4.69, 9.17) is 9.84 Å². The predicted molar refractivity (Wildman–Crippen MR) is 78.4 cm³/mol. The van der Waals surface area contributed by atoms with Crippen LogP contribution in [-0.4, -0.2) is 16.9 Å². The lowest BCUT2D eigenvalue weighted by atomic mass is 10.1. The molecule has 0 aliphatic carbocycles. The summed E-state index contributed by atoms with van der Waals surface area (Å²) >= 11 is 0. The normalized spacial score (nSPS) is 12.1. The van der Waals surface area contributed by atoms with Crippen molar-refractivity contribution in [3.63, 3.8) is 0 Å². The molecule has 0 fully saturated rings. The Morgan fingerprint density at radius 2 is 1.95 bits per heavy atom. The van der Waals surface area contributed by atoms with Crippen molar-refractivity contribution in [1.29, 1.82) is 0 Å². The fraction of sp³-hybridized carbons (Fsp3) is 0.118. The minimum Gasteiger partial charge on any atom is -0.497 e. The van der Waals surface area contributed by atoms with Crippen molar-refractivity contribution in [2.75, 3.05) is 7.11 Å². The van der Waals surface area contributed by atoms with Crippen molar-refractivity contribution >= 4 is 0 Å². The Labute approximate surface area is 117 Å². The van der Waals surface area contributed by atoms with Gasteiger partial charge in [0.15, 0.2) is 0 Å². The van der Waals surface area contributed by atoms with E-state index in [1.165, 1.54) is 16.9 Å². The summed E-state index contributed by atoms with van der Waals surface area (Å²) in [7, 11) is 1.68. The van der Waals surface area contributed by atoms with Crippen LogP contribution < -0.4 is 4.74 Å². The first-order valence-electron chi connectivity index (χ1n) is 6.67. The van der Waals surface area contributed by atoms with Crippen molar-refractivity contribution in [2.45, 2.75) is 6.42 Å². The molecular formula is C17H14N2O. The molecule has 0 unspecified atom stereocenters. The van der Waals surface area contributed by atoms with Gasteiger partial charge >= 0.3 is 0 Å². The minimum atomic E-state index is 0.857. The maximum absolute atomic E-state index is 5.28. The number of aromatic nitrogens is 2. The molecule has 0 bridgehead atoms. The van der Waals surface area contributed by atoms with Crippen molar-refractivity contribution < 1.29 is 4.74 Å². The van der Waals surface area contributed by atoms with Crippen LogP contribution in [-0.2, 0) is 6.42 Å². The zero-order valence-corrected chi connectivity index (χ0v) is 11.2. The number of para-hydroxylation sites is 1. The molecule has 0 N–H and O–H groups in total. The molecule has 98 valence electrons. The Bertz CT molecular complexity index is 789. The molecule has 0 saturated heterocycles. The first-order valence-corrected chi connectivity index (χ1v) is 6.67. The molecule has 3 nitrogen and oxygen atoms in total. The average molecular weight is 262 g/mol. The average Bonchev–Trinajstić information content (AvgIpc) is 3.05. The van der Waals surface area contributed by atoms with Crippen molar-refractivity contribution in [1.82, 2.24) is 9.78 Å². The lowest BCUT2D eigenvalue weighted by molar-refractivity contribution is 0.415. The number of benzene rings is 2. The first-order chi connectivity index (χ1) is 9.85. The number of hydrogen-bond donors (Lipinski definition) is 0. The number of methoxy groups -OCH3 is 1. The lowest BCUT2D eigenvalue weighted by Crippen LogP contribution is -1.94. The van der Waals surface area contributed by atoms with E-state index < -0.39 is 0 Å². The van der Waals surface area contributed by atoms with E-state index in [0.29, 0.717) is 0 Å². The SMILES string of the molecule is COc1cccc(-c2cc3n(n2)-c2ccccc2C3)c1.